The van der Waals surface area contributed by atoms with Gasteiger partial charge in [0.2, 0.25) is 5.91 Å². The van der Waals surface area contributed by atoms with Crippen LogP contribution in [0.2, 0.25) is 0 Å². The molecule has 1 aliphatic heterocycles. The van der Waals surface area contributed by atoms with Gasteiger partial charge in [0, 0.05) is 13.0 Å². The molecule has 0 bridgehead atoms. The highest BCUT2D eigenvalue weighted by atomic mass is 16.2. The van der Waals surface area contributed by atoms with E-state index >= 15 is 0 Å². The smallest absolute Gasteiger partial charge is 0.323 e. The third kappa shape index (κ3) is 2.77. The van der Waals surface area contributed by atoms with Gasteiger partial charge in [-0.3, -0.25) is 19.9 Å². The van der Waals surface area contributed by atoms with Crippen LogP contribution in [0.4, 0.5) is 4.79 Å². The van der Waals surface area contributed by atoms with Crippen molar-refractivity contribution in [2.45, 2.75) is 51.0 Å². The Labute approximate surface area is 118 Å². The molecule has 1 saturated carbocycles. The van der Waals surface area contributed by atoms with Crippen LogP contribution in [-0.4, -0.2) is 34.8 Å². The van der Waals surface area contributed by atoms with Crippen LogP contribution < -0.4 is 16.6 Å². The van der Waals surface area contributed by atoms with Crippen molar-refractivity contribution in [3.05, 3.63) is 0 Å². The summed E-state index contributed by atoms with van der Waals surface area (Å²) < 4.78 is 0. The monoisotopic (exact) mass is 282 g/mol. The number of nitrogens with one attached hydrogen (secondary N) is 2. The number of rotatable bonds is 4. The molecule has 112 valence electrons. The van der Waals surface area contributed by atoms with Gasteiger partial charge in [-0.15, -0.1) is 0 Å². The molecule has 1 aliphatic carbocycles. The molecule has 1 saturated heterocycles. The second-order valence-corrected chi connectivity index (χ2v) is 5.82. The Morgan fingerprint density at radius 3 is 2.70 bits per heavy atom. The topological polar surface area (TPSA) is 105 Å². The van der Waals surface area contributed by atoms with Crippen molar-refractivity contribution in [2.75, 3.05) is 6.54 Å². The maximum absolute atomic E-state index is 12.5. The lowest BCUT2D eigenvalue weighted by Crippen LogP contribution is -2.49. The van der Waals surface area contributed by atoms with Gasteiger partial charge >= 0.3 is 6.03 Å². The van der Waals surface area contributed by atoms with E-state index < -0.39 is 5.54 Å². The second kappa shape index (κ2) is 5.78. The van der Waals surface area contributed by atoms with Crippen molar-refractivity contribution in [1.82, 2.24) is 15.6 Å². The third-order valence-corrected chi connectivity index (χ3v) is 4.32. The van der Waals surface area contributed by atoms with Gasteiger partial charge in [0.05, 0.1) is 0 Å². The molecule has 20 heavy (non-hydrogen) atoms. The number of amides is 4. The molecule has 1 heterocycles. The highest BCUT2D eigenvalue weighted by Crippen LogP contribution is 2.36. The van der Waals surface area contributed by atoms with Crippen molar-refractivity contribution in [3.8, 4) is 0 Å². The normalized spacial score (nSPS) is 29.7. The quantitative estimate of drug-likeness (QED) is 0.298. The highest BCUT2D eigenvalue weighted by Gasteiger charge is 2.51. The van der Waals surface area contributed by atoms with Crippen molar-refractivity contribution in [2.24, 2.45) is 11.8 Å². The molecular formula is C13H22N4O3. The number of hydrazine groups is 1. The van der Waals surface area contributed by atoms with Crippen LogP contribution >= 0.6 is 0 Å². The Morgan fingerprint density at radius 2 is 2.10 bits per heavy atom. The Balaban J connectivity index is 1.93. The first-order chi connectivity index (χ1) is 9.48. The first kappa shape index (κ1) is 14.8. The Morgan fingerprint density at radius 1 is 1.45 bits per heavy atom. The fourth-order valence-corrected chi connectivity index (χ4v) is 2.94. The first-order valence-corrected chi connectivity index (χ1v) is 7.12. The van der Waals surface area contributed by atoms with Crippen LogP contribution in [0.5, 0.6) is 0 Å². The number of nitrogens with two attached hydrogens (primary N) is 1. The fourth-order valence-electron chi connectivity index (χ4n) is 2.94. The van der Waals surface area contributed by atoms with E-state index in [1.165, 1.54) is 4.90 Å². The largest absolute Gasteiger partial charge is 0.325 e. The summed E-state index contributed by atoms with van der Waals surface area (Å²) in [4.78, 5) is 36.7. The number of imide groups is 1. The van der Waals surface area contributed by atoms with Crippen LogP contribution in [0.3, 0.4) is 0 Å². The van der Waals surface area contributed by atoms with E-state index in [1.54, 1.807) is 0 Å². The number of hydrogen-bond donors (Lipinski definition) is 3. The summed E-state index contributed by atoms with van der Waals surface area (Å²) in [7, 11) is 0. The molecule has 2 aliphatic rings. The van der Waals surface area contributed by atoms with Crippen molar-refractivity contribution in [1.29, 1.82) is 0 Å². The Hall–Kier alpha value is -1.63. The molecule has 7 nitrogen and oxygen atoms in total. The van der Waals surface area contributed by atoms with Gasteiger partial charge in [0.25, 0.3) is 5.91 Å². The minimum absolute atomic E-state index is 0.137. The molecule has 2 fully saturated rings. The zero-order valence-corrected chi connectivity index (χ0v) is 11.8. The van der Waals surface area contributed by atoms with Crippen LogP contribution in [0.25, 0.3) is 0 Å². The summed E-state index contributed by atoms with van der Waals surface area (Å²) in [5.41, 5.74) is 1.34. The van der Waals surface area contributed by atoms with E-state index in [9.17, 15) is 14.4 Å². The van der Waals surface area contributed by atoms with E-state index in [0.717, 1.165) is 12.8 Å². The molecule has 2 rings (SSSR count). The second-order valence-electron chi connectivity index (χ2n) is 5.82. The summed E-state index contributed by atoms with van der Waals surface area (Å²) in [6.45, 7) is 2.42. The minimum atomic E-state index is -0.695. The third-order valence-electron chi connectivity index (χ3n) is 4.32. The first-order valence-electron chi connectivity index (χ1n) is 7.12. The lowest BCUT2D eigenvalue weighted by molar-refractivity contribution is -0.133. The van der Waals surface area contributed by atoms with Gasteiger partial charge in [-0.05, 0) is 38.0 Å². The zero-order chi connectivity index (χ0) is 14.8. The molecule has 0 aromatic carbocycles. The lowest BCUT2D eigenvalue weighted by atomic mass is 9.77. The Bertz CT molecular complexity index is 416. The molecule has 1 spiro atoms. The maximum atomic E-state index is 12.5. The van der Waals surface area contributed by atoms with Gasteiger partial charge in [0.15, 0.2) is 0 Å². The molecule has 0 aromatic rings. The summed E-state index contributed by atoms with van der Waals surface area (Å²) in [6, 6.07) is -0.335. The van der Waals surface area contributed by atoms with E-state index in [4.69, 9.17) is 5.84 Å². The number of urea groups is 1. The molecule has 0 aromatic heterocycles. The van der Waals surface area contributed by atoms with Crippen LogP contribution in [0.15, 0.2) is 0 Å². The molecule has 0 unspecified atom stereocenters. The Kier molecular flexibility index (Phi) is 4.27. The predicted octanol–water partition coefficient (Wildman–Crippen LogP) is 0.257. The van der Waals surface area contributed by atoms with Crippen LogP contribution in [0, 0.1) is 5.92 Å². The van der Waals surface area contributed by atoms with Crippen molar-refractivity contribution >= 4 is 17.8 Å². The van der Waals surface area contributed by atoms with Crippen molar-refractivity contribution in [3.63, 3.8) is 0 Å². The van der Waals surface area contributed by atoms with Crippen LogP contribution in [-0.2, 0) is 9.59 Å². The predicted molar refractivity (Wildman–Crippen MR) is 72.2 cm³/mol. The van der Waals surface area contributed by atoms with E-state index in [1.807, 2.05) is 5.43 Å². The van der Waals surface area contributed by atoms with Gasteiger partial charge < -0.3 is 5.32 Å². The van der Waals surface area contributed by atoms with Gasteiger partial charge in [0.1, 0.15) is 5.54 Å². The lowest BCUT2D eigenvalue weighted by Gasteiger charge is -2.33. The SMILES string of the molecule is CC1CCC2(CC1)NC(=O)N(CCCC(=O)NN)C2=O. The van der Waals surface area contributed by atoms with Gasteiger partial charge in [-0.1, -0.05) is 6.92 Å². The van der Waals surface area contributed by atoms with E-state index in [-0.39, 0.29) is 30.8 Å². The molecular weight excluding hydrogens is 260 g/mol. The van der Waals surface area contributed by atoms with E-state index in [0.29, 0.717) is 25.2 Å². The fraction of sp³-hybridized carbons (Fsp3) is 0.769. The average Bonchev–Trinajstić information content (AvgIpc) is 2.66. The van der Waals surface area contributed by atoms with Crippen LogP contribution in [0.1, 0.15) is 45.4 Å². The molecule has 0 atom stereocenters. The number of carbonyl (C=O) groups excluding carboxylic acids is 3. The highest BCUT2D eigenvalue weighted by molar-refractivity contribution is 6.07. The average molecular weight is 282 g/mol. The summed E-state index contributed by atoms with van der Waals surface area (Å²) in [5.74, 6) is 5.16. The standard InChI is InChI=1S/C13H22N4O3/c1-9-4-6-13(7-5-9)11(19)17(12(20)15-13)8-2-3-10(18)16-14/h9H,2-8,14H2,1H3,(H,15,20)(H,16,18). The summed E-state index contributed by atoms with van der Waals surface area (Å²) >= 11 is 0. The molecule has 4 amide bonds. The van der Waals surface area contributed by atoms with Gasteiger partial charge in [-0.25, -0.2) is 10.6 Å². The number of carbonyl (C=O) groups is 3. The minimum Gasteiger partial charge on any atom is -0.323 e. The number of nitrogens with zero attached hydrogens (tertiary/aromatic N) is 1. The zero-order valence-electron chi connectivity index (χ0n) is 11.8. The maximum Gasteiger partial charge on any atom is 0.325 e. The summed E-state index contributed by atoms with van der Waals surface area (Å²) in [6.07, 6.45) is 3.95. The van der Waals surface area contributed by atoms with Gasteiger partial charge in [-0.2, -0.15) is 0 Å². The molecule has 4 N–H and O–H groups in total. The molecule has 0 radical (unpaired) electrons. The number of hydrogen-bond acceptors (Lipinski definition) is 4. The molecule has 7 heteroatoms. The van der Waals surface area contributed by atoms with E-state index in [2.05, 4.69) is 12.2 Å². The summed E-state index contributed by atoms with van der Waals surface area (Å²) in [5, 5.41) is 2.85. The van der Waals surface area contributed by atoms with Crippen molar-refractivity contribution < 1.29 is 14.4 Å².